The van der Waals surface area contributed by atoms with E-state index in [0.29, 0.717) is 16.3 Å². The summed E-state index contributed by atoms with van der Waals surface area (Å²) in [4.78, 5) is 8.74. The second-order valence-corrected chi connectivity index (χ2v) is 8.31. The Morgan fingerprint density at radius 1 is 1.19 bits per heavy atom. The van der Waals surface area contributed by atoms with Gasteiger partial charge in [0.1, 0.15) is 30.5 Å². The number of rotatable bonds is 4. The average Bonchev–Trinajstić information content (AvgIpc) is 3.19. The summed E-state index contributed by atoms with van der Waals surface area (Å²) in [6.07, 6.45) is -2.50. The van der Waals surface area contributed by atoms with Gasteiger partial charge in [-0.3, -0.25) is 0 Å². The van der Waals surface area contributed by atoms with Gasteiger partial charge in [0.25, 0.3) is 0 Å². The molecule has 2 N–H and O–H groups in total. The van der Waals surface area contributed by atoms with Crippen molar-refractivity contribution in [2.75, 3.05) is 5.75 Å². The van der Waals surface area contributed by atoms with E-state index in [1.54, 1.807) is 13.8 Å². The van der Waals surface area contributed by atoms with Gasteiger partial charge in [0.05, 0.1) is 0 Å². The number of fused-ring (bicyclic) bond motifs is 2. The molecular formula is C15H20ClN5O4S. The van der Waals surface area contributed by atoms with E-state index in [-0.39, 0.29) is 5.15 Å². The van der Waals surface area contributed by atoms with Crippen LogP contribution in [0.1, 0.15) is 33.2 Å². The molecule has 2 aromatic rings. The number of aliphatic hydroxyl groups is 2. The molecule has 1 saturated carbocycles. The van der Waals surface area contributed by atoms with E-state index in [0.717, 1.165) is 12.2 Å². The Labute approximate surface area is 159 Å². The number of thioether (sulfide) groups is 1. The second-order valence-electron chi connectivity index (χ2n) is 6.89. The first kappa shape index (κ1) is 18.3. The highest BCUT2D eigenvalue weighted by molar-refractivity contribution is 7.99. The van der Waals surface area contributed by atoms with E-state index in [9.17, 15) is 10.2 Å². The van der Waals surface area contributed by atoms with Crippen LogP contribution in [0.3, 0.4) is 0 Å². The molecule has 1 aliphatic carbocycles. The minimum absolute atomic E-state index is 0.202. The largest absolute Gasteiger partial charge is 0.388 e. The molecule has 26 heavy (non-hydrogen) atoms. The van der Waals surface area contributed by atoms with E-state index in [4.69, 9.17) is 21.1 Å². The standard InChI is InChI=1S/C15H20ClN5O4S/c1-4-5-26-14-17-12(16)6-13(18-14)21(20-19-6)7-8(22)9(23)11-10(7)24-15(2,3)25-11/h7-11,22-23H,4-5H2,1-3H3/t7-,8+,9+,10?,11?/m1/s1. The molecule has 0 radical (unpaired) electrons. The van der Waals surface area contributed by atoms with Crippen LogP contribution >= 0.6 is 23.4 Å². The first-order valence-electron chi connectivity index (χ1n) is 8.45. The minimum Gasteiger partial charge on any atom is -0.388 e. The Bertz CT molecular complexity index is 834. The van der Waals surface area contributed by atoms with Crippen molar-refractivity contribution < 1.29 is 19.7 Å². The predicted octanol–water partition coefficient (Wildman–Crippen LogP) is 1.17. The van der Waals surface area contributed by atoms with Crippen LogP contribution in [-0.2, 0) is 9.47 Å². The number of hydrogen-bond acceptors (Lipinski definition) is 9. The van der Waals surface area contributed by atoms with E-state index in [1.165, 1.54) is 16.4 Å². The highest BCUT2D eigenvalue weighted by Gasteiger charge is 2.59. The predicted molar refractivity (Wildman–Crippen MR) is 94.0 cm³/mol. The van der Waals surface area contributed by atoms with Crippen molar-refractivity contribution in [3.63, 3.8) is 0 Å². The third-order valence-corrected chi connectivity index (χ3v) is 5.83. The Balaban J connectivity index is 1.77. The third kappa shape index (κ3) is 2.88. The van der Waals surface area contributed by atoms with Crippen LogP contribution in [0.15, 0.2) is 5.16 Å². The van der Waals surface area contributed by atoms with Crippen LogP contribution in [0.5, 0.6) is 0 Å². The molecule has 4 rings (SSSR count). The number of ether oxygens (including phenoxy) is 2. The highest BCUT2D eigenvalue weighted by atomic mass is 35.5. The van der Waals surface area contributed by atoms with E-state index >= 15 is 0 Å². The molecule has 3 heterocycles. The third-order valence-electron chi connectivity index (χ3n) is 4.51. The molecule has 5 atom stereocenters. The molecule has 0 aromatic carbocycles. The number of halogens is 1. The van der Waals surface area contributed by atoms with Crippen LogP contribution in [0.25, 0.3) is 11.2 Å². The Morgan fingerprint density at radius 2 is 1.92 bits per heavy atom. The van der Waals surface area contributed by atoms with Gasteiger partial charge in [-0.2, -0.15) is 0 Å². The number of nitrogens with zero attached hydrogens (tertiary/aromatic N) is 5. The summed E-state index contributed by atoms with van der Waals surface area (Å²) < 4.78 is 13.1. The first-order chi connectivity index (χ1) is 12.3. The summed E-state index contributed by atoms with van der Waals surface area (Å²) in [6.45, 7) is 5.59. The molecule has 2 unspecified atom stereocenters. The molecule has 2 fully saturated rings. The van der Waals surface area contributed by atoms with Crippen molar-refractivity contribution in [2.45, 2.75) is 68.6 Å². The SMILES string of the molecule is CCCSc1nc(Cl)c2nnn([C@H]3C4OC(C)(C)OC4[C@@H](O)[C@H]3O)c2n1. The fraction of sp³-hybridized carbons (Fsp3) is 0.733. The van der Waals surface area contributed by atoms with E-state index in [1.807, 2.05) is 0 Å². The quantitative estimate of drug-likeness (QED) is 0.442. The molecule has 9 nitrogen and oxygen atoms in total. The fourth-order valence-electron chi connectivity index (χ4n) is 3.46. The van der Waals surface area contributed by atoms with Gasteiger partial charge in [-0.15, -0.1) is 5.10 Å². The molecular weight excluding hydrogens is 382 g/mol. The lowest BCUT2D eigenvalue weighted by molar-refractivity contribution is -0.179. The molecule has 11 heteroatoms. The van der Waals surface area contributed by atoms with Crippen LogP contribution in [0, 0.1) is 0 Å². The normalized spacial score (nSPS) is 33.1. The lowest BCUT2D eigenvalue weighted by Crippen LogP contribution is -2.36. The van der Waals surface area contributed by atoms with E-state index < -0.39 is 36.2 Å². The molecule has 142 valence electrons. The Kier molecular flexibility index (Phi) is 4.61. The maximum Gasteiger partial charge on any atom is 0.191 e. The van der Waals surface area contributed by atoms with Gasteiger partial charge in [0.15, 0.2) is 27.3 Å². The molecule has 2 aliphatic rings. The van der Waals surface area contributed by atoms with Gasteiger partial charge < -0.3 is 19.7 Å². The van der Waals surface area contributed by atoms with Crippen molar-refractivity contribution in [1.29, 1.82) is 0 Å². The van der Waals surface area contributed by atoms with Gasteiger partial charge in [-0.1, -0.05) is 35.5 Å². The number of aromatic nitrogens is 5. The zero-order chi connectivity index (χ0) is 18.6. The number of hydrogen-bond donors (Lipinski definition) is 2. The minimum atomic E-state index is -1.13. The van der Waals surface area contributed by atoms with Crippen molar-refractivity contribution in [2.24, 2.45) is 0 Å². The van der Waals surface area contributed by atoms with Gasteiger partial charge in [-0.25, -0.2) is 14.6 Å². The first-order valence-corrected chi connectivity index (χ1v) is 9.82. The van der Waals surface area contributed by atoms with Gasteiger partial charge in [0, 0.05) is 5.75 Å². The Hall–Kier alpha value is -1.04. The smallest absolute Gasteiger partial charge is 0.191 e. The van der Waals surface area contributed by atoms with Crippen LogP contribution < -0.4 is 0 Å². The molecule has 0 spiro atoms. The second kappa shape index (κ2) is 6.54. The number of aliphatic hydroxyl groups excluding tert-OH is 2. The van der Waals surface area contributed by atoms with Crippen molar-refractivity contribution >= 4 is 34.5 Å². The lowest BCUT2D eigenvalue weighted by Gasteiger charge is -2.25. The zero-order valence-corrected chi connectivity index (χ0v) is 16.1. The summed E-state index contributed by atoms with van der Waals surface area (Å²) >= 11 is 7.72. The average molecular weight is 402 g/mol. The van der Waals surface area contributed by atoms with Crippen LogP contribution in [0.4, 0.5) is 0 Å². The van der Waals surface area contributed by atoms with Gasteiger partial charge in [-0.05, 0) is 20.3 Å². The van der Waals surface area contributed by atoms with E-state index in [2.05, 4.69) is 27.2 Å². The Morgan fingerprint density at radius 3 is 2.65 bits per heavy atom. The topological polar surface area (TPSA) is 115 Å². The molecule has 1 aliphatic heterocycles. The summed E-state index contributed by atoms with van der Waals surface area (Å²) in [6, 6.07) is -0.697. The summed E-state index contributed by atoms with van der Waals surface area (Å²) in [5.74, 6) is -0.0101. The molecule has 0 bridgehead atoms. The lowest BCUT2D eigenvalue weighted by atomic mass is 10.2. The van der Waals surface area contributed by atoms with Crippen LogP contribution in [0.2, 0.25) is 5.15 Å². The maximum atomic E-state index is 10.6. The molecule has 2 aromatic heterocycles. The fourth-order valence-corrected chi connectivity index (χ4v) is 4.40. The summed E-state index contributed by atoms with van der Waals surface area (Å²) in [7, 11) is 0. The molecule has 0 amide bonds. The molecule has 1 saturated heterocycles. The van der Waals surface area contributed by atoms with Crippen molar-refractivity contribution in [3.05, 3.63) is 5.15 Å². The van der Waals surface area contributed by atoms with Crippen molar-refractivity contribution in [3.8, 4) is 0 Å². The van der Waals surface area contributed by atoms with Crippen LogP contribution in [-0.4, -0.2) is 71.1 Å². The van der Waals surface area contributed by atoms with Gasteiger partial charge in [0.2, 0.25) is 0 Å². The summed E-state index contributed by atoms with van der Waals surface area (Å²) in [5.41, 5.74) is 0.740. The van der Waals surface area contributed by atoms with Crippen molar-refractivity contribution in [1.82, 2.24) is 25.0 Å². The summed E-state index contributed by atoms with van der Waals surface area (Å²) in [5, 5.41) is 29.8. The maximum absolute atomic E-state index is 10.6. The zero-order valence-electron chi connectivity index (χ0n) is 14.5. The van der Waals surface area contributed by atoms with Gasteiger partial charge >= 0.3 is 0 Å². The highest BCUT2D eigenvalue weighted by Crippen LogP contribution is 2.44. The monoisotopic (exact) mass is 401 g/mol.